The van der Waals surface area contributed by atoms with Crippen molar-refractivity contribution < 1.29 is 9.15 Å². The molecule has 0 spiro atoms. The van der Waals surface area contributed by atoms with Crippen LogP contribution in [-0.4, -0.2) is 19.2 Å². The molecule has 11 heavy (non-hydrogen) atoms. The van der Waals surface area contributed by atoms with Crippen LogP contribution in [0.4, 0.5) is 0 Å². The lowest BCUT2D eigenvalue weighted by atomic mass is 10.2. The molecule has 60 valence electrons. The number of ether oxygens (including phenoxy) is 1. The van der Waals surface area contributed by atoms with E-state index in [0.717, 1.165) is 17.6 Å². The van der Waals surface area contributed by atoms with Gasteiger partial charge in [0.15, 0.2) is 0 Å². The molecule has 1 fully saturated rings. The normalized spacial score (nSPS) is 17.9. The molecule has 0 unspecified atom stereocenters. The zero-order chi connectivity index (χ0) is 7.68. The molecular formula is C7H8BrNO2. The Balaban J connectivity index is 1.95. The SMILES string of the molecule is Brc1coc(OC2CNC2)c1. The summed E-state index contributed by atoms with van der Waals surface area (Å²) in [6.45, 7) is 1.83. The van der Waals surface area contributed by atoms with Gasteiger partial charge in [-0.15, -0.1) is 0 Å². The van der Waals surface area contributed by atoms with Gasteiger partial charge in [-0.1, -0.05) is 0 Å². The van der Waals surface area contributed by atoms with Crippen molar-refractivity contribution >= 4 is 15.9 Å². The smallest absolute Gasteiger partial charge is 0.285 e. The highest BCUT2D eigenvalue weighted by Gasteiger charge is 2.19. The van der Waals surface area contributed by atoms with E-state index in [1.54, 1.807) is 6.26 Å². The first-order chi connectivity index (χ1) is 5.34. The lowest BCUT2D eigenvalue weighted by molar-refractivity contribution is 0.109. The molecule has 0 bridgehead atoms. The second kappa shape index (κ2) is 2.87. The van der Waals surface area contributed by atoms with Gasteiger partial charge in [0.2, 0.25) is 0 Å². The molecule has 4 heteroatoms. The largest absolute Gasteiger partial charge is 0.459 e. The monoisotopic (exact) mass is 217 g/mol. The topological polar surface area (TPSA) is 34.4 Å². The third kappa shape index (κ3) is 1.57. The third-order valence-electron chi connectivity index (χ3n) is 1.57. The molecule has 0 saturated carbocycles. The van der Waals surface area contributed by atoms with Crippen molar-refractivity contribution in [3.05, 3.63) is 16.8 Å². The minimum atomic E-state index is 0.285. The molecule has 0 radical (unpaired) electrons. The summed E-state index contributed by atoms with van der Waals surface area (Å²) in [4.78, 5) is 0. The van der Waals surface area contributed by atoms with Crippen molar-refractivity contribution in [1.82, 2.24) is 5.32 Å². The third-order valence-corrected chi connectivity index (χ3v) is 1.99. The predicted octanol–water partition coefficient (Wildman–Crippen LogP) is 1.39. The summed E-state index contributed by atoms with van der Waals surface area (Å²) in [5.41, 5.74) is 0. The van der Waals surface area contributed by atoms with Gasteiger partial charge in [-0.05, 0) is 15.9 Å². The first-order valence-corrected chi connectivity index (χ1v) is 4.25. The van der Waals surface area contributed by atoms with Gasteiger partial charge >= 0.3 is 0 Å². The first-order valence-electron chi connectivity index (χ1n) is 3.46. The van der Waals surface area contributed by atoms with Gasteiger partial charge in [0.1, 0.15) is 12.4 Å². The summed E-state index contributed by atoms with van der Waals surface area (Å²) in [7, 11) is 0. The number of hydrogen-bond acceptors (Lipinski definition) is 3. The average Bonchev–Trinajstić information content (AvgIpc) is 2.27. The van der Waals surface area contributed by atoms with Crippen LogP contribution in [-0.2, 0) is 0 Å². The van der Waals surface area contributed by atoms with Crippen molar-refractivity contribution in [2.45, 2.75) is 6.10 Å². The zero-order valence-electron chi connectivity index (χ0n) is 5.84. The fraction of sp³-hybridized carbons (Fsp3) is 0.429. The minimum Gasteiger partial charge on any atom is -0.459 e. The second-order valence-electron chi connectivity index (χ2n) is 2.48. The Morgan fingerprint density at radius 3 is 2.91 bits per heavy atom. The molecule has 1 aromatic rings. The highest BCUT2D eigenvalue weighted by Crippen LogP contribution is 2.21. The van der Waals surface area contributed by atoms with E-state index < -0.39 is 0 Å². The molecule has 2 rings (SSSR count). The molecule has 0 aliphatic carbocycles. The Morgan fingerprint density at radius 1 is 1.64 bits per heavy atom. The van der Waals surface area contributed by atoms with E-state index in [-0.39, 0.29) is 6.10 Å². The summed E-state index contributed by atoms with van der Waals surface area (Å²) < 4.78 is 11.4. The van der Waals surface area contributed by atoms with Crippen LogP contribution in [0.5, 0.6) is 5.95 Å². The van der Waals surface area contributed by atoms with Crippen LogP contribution in [0.2, 0.25) is 0 Å². The first kappa shape index (κ1) is 7.18. The molecule has 2 heterocycles. The van der Waals surface area contributed by atoms with Crippen LogP contribution in [0.3, 0.4) is 0 Å². The fourth-order valence-electron chi connectivity index (χ4n) is 0.867. The van der Waals surface area contributed by atoms with Gasteiger partial charge in [0.25, 0.3) is 5.95 Å². The minimum absolute atomic E-state index is 0.285. The average molecular weight is 218 g/mol. The number of rotatable bonds is 2. The van der Waals surface area contributed by atoms with Crippen LogP contribution < -0.4 is 10.1 Å². The highest BCUT2D eigenvalue weighted by molar-refractivity contribution is 9.10. The predicted molar refractivity (Wildman–Crippen MR) is 43.7 cm³/mol. The lowest BCUT2D eigenvalue weighted by Crippen LogP contribution is -2.50. The lowest BCUT2D eigenvalue weighted by Gasteiger charge is -2.26. The summed E-state index contributed by atoms with van der Waals surface area (Å²) in [6, 6.07) is 1.82. The van der Waals surface area contributed by atoms with Crippen molar-refractivity contribution in [3.63, 3.8) is 0 Å². The molecule has 0 amide bonds. The molecular weight excluding hydrogens is 210 g/mol. The summed E-state index contributed by atoms with van der Waals surface area (Å²) >= 11 is 3.27. The zero-order valence-corrected chi connectivity index (χ0v) is 7.43. The van der Waals surface area contributed by atoms with E-state index in [1.807, 2.05) is 6.07 Å². The molecule has 1 aliphatic heterocycles. The summed E-state index contributed by atoms with van der Waals surface area (Å²) in [5.74, 6) is 0.586. The Kier molecular flexibility index (Phi) is 1.87. The number of halogens is 1. The van der Waals surface area contributed by atoms with Gasteiger partial charge in [-0.25, -0.2) is 0 Å². The van der Waals surface area contributed by atoms with E-state index >= 15 is 0 Å². The molecule has 1 N–H and O–H groups in total. The maximum atomic E-state index is 5.41. The Morgan fingerprint density at radius 2 is 2.45 bits per heavy atom. The maximum absolute atomic E-state index is 5.41. The molecule has 1 aliphatic rings. The Labute approximate surface area is 72.8 Å². The Hall–Kier alpha value is -0.480. The van der Waals surface area contributed by atoms with Crippen molar-refractivity contribution in [2.24, 2.45) is 0 Å². The van der Waals surface area contributed by atoms with Crippen LogP contribution in [0.25, 0.3) is 0 Å². The van der Waals surface area contributed by atoms with Gasteiger partial charge in [0.05, 0.1) is 4.47 Å². The number of nitrogens with one attached hydrogen (secondary N) is 1. The molecule has 0 aromatic carbocycles. The summed E-state index contributed by atoms with van der Waals surface area (Å²) in [5, 5.41) is 3.11. The van der Waals surface area contributed by atoms with Crippen LogP contribution in [0.15, 0.2) is 21.2 Å². The van der Waals surface area contributed by atoms with E-state index in [2.05, 4.69) is 21.2 Å². The van der Waals surface area contributed by atoms with E-state index in [0.29, 0.717) is 5.95 Å². The quantitative estimate of drug-likeness (QED) is 0.814. The van der Waals surface area contributed by atoms with Crippen LogP contribution in [0, 0.1) is 0 Å². The maximum Gasteiger partial charge on any atom is 0.285 e. The van der Waals surface area contributed by atoms with Crippen molar-refractivity contribution in [1.29, 1.82) is 0 Å². The number of hydrogen-bond donors (Lipinski definition) is 1. The fourth-order valence-corrected chi connectivity index (χ4v) is 1.15. The summed E-state index contributed by atoms with van der Waals surface area (Å²) in [6.07, 6.45) is 1.90. The van der Waals surface area contributed by atoms with Crippen LogP contribution >= 0.6 is 15.9 Å². The molecule has 0 atom stereocenters. The van der Waals surface area contributed by atoms with Crippen molar-refractivity contribution in [3.8, 4) is 5.95 Å². The van der Waals surface area contributed by atoms with Crippen molar-refractivity contribution in [2.75, 3.05) is 13.1 Å². The molecule has 3 nitrogen and oxygen atoms in total. The van der Waals surface area contributed by atoms with Gasteiger partial charge < -0.3 is 14.5 Å². The standard InChI is InChI=1S/C7H8BrNO2/c8-5-1-7(10-4-5)11-6-2-9-3-6/h1,4,6,9H,2-3H2. The second-order valence-corrected chi connectivity index (χ2v) is 3.40. The molecule has 1 saturated heterocycles. The van der Waals surface area contributed by atoms with Crippen LogP contribution in [0.1, 0.15) is 0 Å². The number of furan rings is 1. The Bertz CT molecular complexity index is 244. The van der Waals surface area contributed by atoms with E-state index in [9.17, 15) is 0 Å². The van der Waals surface area contributed by atoms with E-state index in [1.165, 1.54) is 0 Å². The van der Waals surface area contributed by atoms with Gasteiger partial charge in [-0.2, -0.15) is 0 Å². The van der Waals surface area contributed by atoms with Gasteiger partial charge in [0, 0.05) is 19.2 Å². The highest BCUT2D eigenvalue weighted by atomic mass is 79.9. The van der Waals surface area contributed by atoms with E-state index in [4.69, 9.17) is 9.15 Å². The van der Waals surface area contributed by atoms with Gasteiger partial charge in [-0.3, -0.25) is 0 Å². The molecule has 1 aromatic heterocycles.